The van der Waals surface area contributed by atoms with Crippen molar-refractivity contribution in [3.8, 4) is 0 Å². The van der Waals surface area contributed by atoms with Crippen molar-refractivity contribution in [2.24, 2.45) is 5.92 Å². The molecule has 1 aliphatic heterocycles. The maximum atomic E-state index is 11.9. The molecule has 0 radical (unpaired) electrons. The standard InChI is InChI=1S/C22H35N5O2/c1-4-29-15-14-27-20(25-19-6-5-10-23-22(19)27)16-18-7-11-26(12-8-18)13-9-21(28)24-17(2)3/h5-6,10,17-18H,4,7-9,11-16H2,1-3H3,(H,24,28). The number of carbonyl (C=O) groups is 1. The van der Waals surface area contributed by atoms with Crippen LogP contribution in [0.15, 0.2) is 18.3 Å². The van der Waals surface area contributed by atoms with Crippen LogP contribution in [0.3, 0.4) is 0 Å². The first-order valence-electron chi connectivity index (χ1n) is 11.0. The number of piperidine rings is 1. The van der Waals surface area contributed by atoms with E-state index in [0.29, 0.717) is 18.9 Å². The summed E-state index contributed by atoms with van der Waals surface area (Å²) in [4.78, 5) is 23.7. The topological polar surface area (TPSA) is 72.3 Å². The number of likely N-dealkylation sites (tertiary alicyclic amines) is 1. The Bertz CT molecular complexity index is 781. The Balaban J connectivity index is 1.54. The van der Waals surface area contributed by atoms with Gasteiger partial charge in [0.15, 0.2) is 5.65 Å². The van der Waals surface area contributed by atoms with Crippen LogP contribution in [0.25, 0.3) is 11.2 Å². The summed E-state index contributed by atoms with van der Waals surface area (Å²) >= 11 is 0. The van der Waals surface area contributed by atoms with Crippen LogP contribution >= 0.6 is 0 Å². The predicted molar refractivity (Wildman–Crippen MR) is 115 cm³/mol. The third kappa shape index (κ3) is 6.24. The van der Waals surface area contributed by atoms with Crippen LogP contribution in [0.2, 0.25) is 0 Å². The van der Waals surface area contributed by atoms with Crippen LogP contribution in [0.5, 0.6) is 0 Å². The Morgan fingerprint density at radius 3 is 2.83 bits per heavy atom. The van der Waals surface area contributed by atoms with E-state index in [1.165, 1.54) is 0 Å². The van der Waals surface area contributed by atoms with Crippen molar-refractivity contribution in [2.45, 2.75) is 59.0 Å². The average molecular weight is 402 g/mol. The van der Waals surface area contributed by atoms with Crippen LogP contribution in [0.1, 0.15) is 45.9 Å². The summed E-state index contributed by atoms with van der Waals surface area (Å²) in [5.74, 6) is 1.89. The van der Waals surface area contributed by atoms with Gasteiger partial charge in [0.05, 0.1) is 6.61 Å². The van der Waals surface area contributed by atoms with Gasteiger partial charge in [-0.15, -0.1) is 0 Å². The highest BCUT2D eigenvalue weighted by atomic mass is 16.5. The fraction of sp³-hybridized carbons (Fsp3) is 0.682. The lowest BCUT2D eigenvalue weighted by atomic mass is 9.93. The number of aromatic nitrogens is 3. The molecule has 1 saturated heterocycles. The van der Waals surface area contributed by atoms with E-state index in [9.17, 15) is 4.79 Å². The Kier molecular flexibility index (Phi) is 8.00. The summed E-state index contributed by atoms with van der Waals surface area (Å²) in [6.45, 7) is 11.2. The molecule has 1 N–H and O–H groups in total. The lowest BCUT2D eigenvalue weighted by Crippen LogP contribution is -2.38. The predicted octanol–water partition coefficient (Wildman–Crippen LogP) is 2.64. The first kappa shape index (κ1) is 21.7. The van der Waals surface area contributed by atoms with Gasteiger partial charge in [0.25, 0.3) is 0 Å². The molecule has 0 unspecified atom stereocenters. The van der Waals surface area contributed by atoms with Crippen molar-refractivity contribution < 1.29 is 9.53 Å². The maximum Gasteiger partial charge on any atom is 0.221 e. The van der Waals surface area contributed by atoms with Gasteiger partial charge < -0.3 is 19.5 Å². The molecule has 0 spiro atoms. The number of amides is 1. The molecule has 1 fully saturated rings. The first-order valence-corrected chi connectivity index (χ1v) is 11.0. The van der Waals surface area contributed by atoms with E-state index >= 15 is 0 Å². The van der Waals surface area contributed by atoms with E-state index in [-0.39, 0.29) is 11.9 Å². The molecule has 0 aromatic carbocycles. The van der Waals surface area contributed by atoms with Gasteiger partial charge >= 0.3 is 0 Å². The van der Waals surface area contributed by atoms with Crippen LogP contribution in [0, 0.1) is 5.92 Å². The minimum Gasteiger partial charge on any atom is -0.380 e. The lowest BCUT2D eigenvalue weighted by Gasteiger charge is -2.31. The molecule has 0 atom stereocenters. The van der Waals surface area contributed by atoms with E-state index in [0.717, 1.165) is 69.0 Å². The molecule has 0 bridgehead atoms. The van der Waals surface area contributed by atoms with Gasteiger partial charge in [0, 0.05) is 44.8 Å². The van der Waals surface area contributed by atoms with Gasteiger partial charge in [-0.3, -0.25) is 4.79 Å². The Labute approximate surface area is 173 Å². The second-order valence-corrected chi connectivity index (χ2v) is 8.18. The smallest absolute Gasteiger partial charge is 0.221 e. The summed E-state index contributed by atoms with van der Waals surface area (Å²) in [5, 5.41) is 2.97. The Morgan fingerprint density at radius 2 is 2.10 bits per heavy atom. The van der Waals surface area contributed by atoms with Gasteiger partial charge in [-0.2, -0.15) is 0 Å². The number of ether oxygens (including phenoxy) is 1. The van der Waals surface area contributed by atoms with Gasteiger partial charge in [-0.1, -0.05) is 0 Å². The molecule has 2 aromatic rings. The fourth-order valence-corrected chi connectivity index (χ4v) is 4.02. The number of pyridine rings is 1. The molecule has 29 heavy (non-hydrogen) atoms. The van der Waals surface area contributed by atoms with Gasteiger partial charge in [0.2, 0.25) is 5.91 Å². The first-order chi connectivity index (χ1) is 14.1. The van der Waals surface area contributed by atoms with Crippen molar-refractivity contribution >= 4 is 17.1 Å². The number of hydrogen-bond donors (Lipinski definition) is 1. The van der Waals surface area contributed by atoms with Crippen molar-refractivity contribution in [1.82, 2.24) is 24.8 Å². The van der Waals surface area contributed by atoms with Gasteiger partial charge in [-0.05, 0) is 64.8 Å². The normalized spacial score (nSPS) is 16.0. The van der Waals surface area contributed by atoms with E-state index < -0.39 is 0 Å². The van der Waals surface area contributed by atoms with Crippen molar-refractivity contribution in [3.05, 3.63) is 24.2 Å². The number of nitrogens with one attached hydrogen (secondary N) is 1. The second kappa shape index (κ2) is 10.7. The SMILES string of the molecule is CCOCCn1c(CC2CCN(CCC(=O)NC(C)C)CC2)nc2cccnc21. The van der Waals surface area contributed by atoms with E-state index in [2.05, 4.69) is 19.8 Å². The number of fused-ring (bicyclic) bond motifs is 1. The van der Waals surface area contributed by atoms with Crippen LogP contribution in [-0.2, 0) is 22.5 Å². The summed E-state index contributed by atoms with van der Waals surface area (Å²) in [5.41, 5.74) is 1.92. The lowest BCUT2D eigenvalue weighted by molar-refractivity contribution is -0.122. The number of nitrogens with zero attached hydrogens (tertiary/aromatic N) is 4. The zero-order valence-corrected chi connectivity index (χ0v) is 18.1. The zero-order chi connectivity index (χ0) is 20.6. The summed E-state index contributed by atoms with van der Waals surface area (Å²) in [6.07, 6.45) is 5.69. The molecule has 0 aliphatic carbocycles. The summed E-state index contributed by atoms with van der Waals surface area (Å²) in [6, 6.07) is 4.19. The zero-order valence-electron chi connectivity index (χ0n) is 18.1. The monoisotopic (exact) mass is 401 g/mol. The molecular weight excluding hydrogens is 366 g/mol. The summed E-state index contributed by atoms with van der Waals surface area (Å²) < 4.78 is 7.80. The molecular formula is C22H35N5O2. The molecule has 7 heteroatoms. The molecule has 7 nitrogen and oxygen atoms in total. The van der Waals surface area contributed by atoms with E-state index in [1.54, 1.807) is 0 Å². The fourth-order valence-electron chi connectivity index (χ4n) is 4.02. The Morgan fingerprint density at radius 1 is 1.31 bits per heavy atom. The molecule has 2 aromatic heterocycles. The molecule has 1 aliphatic rings. The average Bonchev–Trinajstić information content (AvgIpc) is 3.04. The maximum absolute atomic E-state index is 11.9. The van der Waals surface area contributed by atoms with Crippen LogP contribution in [0.4, 0.5) is 0 Å². The third-order valence-corrected chi connectivity index (χ3v) is 5.53. The third-order valence-electron chi connectivity index (χ3n) is 5.53. The van der Waals surface area contributed by atoms with Crippen molar-refractivity contribution in [2.75, 3.05) is 32.8 Å². The Hall–Kier alpha value is -1.99. The molecule has 160 valence electrons. The van der Waals surface area contributed by atoms with Gasteiger partial charge in [0.1, 0.15) is 11.3 Å². The minimum absolute atomic E-state index is 0.151. The summed E-state index contributed by atoms with van der Waals surface area (Å²) in [7, 11) is 0. The molecule has 0 saturated carbocycles. The van der Waals surface area contributed by atoms with Crippen molar-refractivity contribution in [3.63, 3.8) is 0 Å². The van der Waals surface area contributed by atoms with Crippen molar-refractivity contribution in [1.29, 1.82) is 0 Å². The molecule has 3 rings (SSSR count). The highest BCUT2D eigenvalue weighted by molar-refractivity contribution is 5.76. The quantitative estimate of drug-likeness (QED) is 0.620. The highest BCUT2D eigenvalue weighted by Gasteiger charge is 2.22. The number of imidazole rings is 1. The number of hydrogen-bond acceptors (Lipinski definition) is 5. The number of rotatable bonds is 10. The minimum atomic E-state index is 0.151. The van der Waals surface area contributed by atoms with E-state index in [1.807, 2.05) is 39.1 Å². The largest absolute Gasteiger partial charge is 0.380 e. The second-order valence-electron chi connectivity index (χ2n) is 8.18. The molecule has 1 amide bonds. The van der Waals surface area contributed by atoms with Crippen LogP contribution in [-0.4, -0.2) is 64.2 Å². The van der Waals surface area contributed by atoms with Crippen LogP contribution < -0.4 is 5.32 Å². The highest BCUT2D eigenvalue weighted by Crippen LogP contribution is 2.23. The molecule has 3 heterocycles. The van der Waals surface area contributed by atoms with E-state index in [4.69, 9.17) is 9.72 Å². The number of carbonyl (C=O) groups excluding carboxylic acids is 1. The van der Waals surface area contributed by atoms with Gasteiger partial charge in [-0.25, -0.2) is 9.97 Å².